The summed E-state index contributed by atoms with van der Waals surface area (Å²) >= 11 is 0. The molecular formula is C15H26N2O2. The molecule has 19 heavy (non-hydrogen) atoms. The Kier molecular flexibility index (Phi) is 4.16. The van der Waals surface area contributed by atoms with Crippen molar-refractivity contribution in [3.05, 3.63) is 0 Å². The average Bonchev–Trinajstić information content (AvgIpc) is 2.90. The normalized spacial score (nSPS) is 32.8. The van der Waals surface area contributed by atoms with Crippen molar-refractivity contribution in [1.29, 1.82) is 0 Å². The summed E-state index contributed by atoms with van der Waals surface area (Å²) in [6.45, 7) is 5.96. The van der Waals surface area contributed by atoms with Crippen LogP contribution in [0.5, 0.6) is 0 Å². The Labute approximate surface area is 115 Å². The molecule has 0 aromatic rings. The van der Waals surface area contributed by atoms with Gasteiger partial charge in [-0.2, -0.15) is 0 Å². The van der Waals surface area contributed by atoms with Crippen LogP contribution in [0.2, 0.25) is 0 Å². The first-order chi connectivity index (χ1) is 9.04. The van der Waals surface area contributed by atoms with Crippen LogP contribution in [0.4, 0.5) is 0 Å². The molecule has 1 saturated heterocycles. The Morgan fingerprint density at radius 1 is 1.26 bits per heavy atom. The highest BCUT2D eigenvalue weighted by Crippen LogP contribution is 2.34. The van der Waals surface area contributed by atoms with Gasteiger partial charge in [0, 0.05) is 6.04 Å². The summed E-state index contributed by atoms with van der Waals surface area (Å²) in [4.78, 5) is 27.1. The number of carbonyl (C=O) groups is 2. The first-order valence-electron chi connectivity index (χ1n) is 7.68. The smallest absolute Gasteiger partial charge is 0.246 e. The Morgan fingerprint density at radius 2 is 1.89 bits per heavy atom. The van der Waals surface area contributed by atoms with Gasteiger partial charge < -0.3 is 10.2 Å². The van der Waals surface area contributed by atoms with E-state index in [1.165, 1.54) is 12.8 Å². The summed E-state index contributed by atoms with van der Waals surface area (Å²) in [5, 5.41) is 2.93. The van der Waals surface area contributed by atoms with E-state index in [-0.39, 0.29) is 23.9 Å². The van der Waals surface area contributed by atoms with Gasteiger partial charge in [0.2, 0.25) is 11.8 Å². The van der Waals surface area contributed by atoms with Crippen LogP contribution in [0.1, 0.15) is 65.7 Å². The lowest BCUT2D eigenvalue weighted by Gasteiger charge is -2.49. The molecule has 0 aromatic carbocycles. The molecule has 1 saturated carbocycles. The van der Waals surface area contributed by atoms with E-state index in [1.54, 1.807) is 0 Å². The zero-order valence-corrected chi connectivity index (χ0v) is 12.4. The fourth-order valence-corrected chi connectivity index (χ4v) is 3.46. The van der Waals surface area contributed by atoms with Crippen LogP contribution in [0.3, 0.4) is 0 Å². The molecule has 0 aromatic heterocycles. The van der Waals surface area contributed by atoms with E-state index in [0.29, 0.717) is 6.42 Å². The van der Waals surface area contributed by atoms with E-state index >= 15 is 0 Å². The van der Waals surface area contributed by atoms with Crippen molar-refractivity contribution >= 4 is 11.8 Å². The van der Waals surface area contributed by atoms with Gasteiger partial charge in [-0.1, -0.05) is 33.1 Å². The van der Waals surface area contributed by atoms with Gasteiger partial charge >= 0.3 is 0 Å². The van der Waals surface area contributed by atoms with Crippen LogP contribution >= 0.6 is 0 Å². The zero-order valence-electron chi connectivity index (χ0n) is 12.4. The largest absolute Gasteiger partial charge is 0.342 e. The number of nitrogens with one attached hydrogen (secondary N) is 1. The monoisotopic (exact) mass is 266 g/mol. The third kappa shape index (κ3) is 2.37. The Bertz CT molecular complexity index is 363. The van der Waals surface area contributed by atoms with Gasteiger partial charge in [-0.3, -0.25) is 9.59 Å². The fraction of sp³-hybridized carbons (Fsp3) is 0.867. The molecule has 2 aliphatic rings. The third-order valence-electron chi connectivity index (χ3n) is 4.82. The van der Waals surface area contributed by atoms with Gasteiger partial charge in [0.15, 0.2) is 0 Å². The van der Waals surface area contributed by atoms with E-state index in [0.717, 1.165) is 25.7 Å². The second-order valence-corrected chi connectivity index (χ2v) is 6.09. The highest BCUT2D eigenvalue weighted by Gasteiger charge is 2.50. The van der Waals surface area contributed by atoms with Crippen LogP contribution in [-0.4, -0.2) is 34.3 Å². The zero-order chi connectivity index (χ0) is 14.0. The average molecular weight is 266 g/mol. The Hall–Kier alpha value is -1.06. The number of hydrogen-bond donors (Lipinski definition) is 1. The maximum atomic E-state index is 12.7. The molecule has 4 nitrogen and oxygen atoms in total. The lowest BCUT2D eigenvalue weighted by molar-refractivity contribution is -0.160. The Morgan fingerprint density at radius 3 is 2.42 bits per heavy atom. The highest BCUT2D eigenvalue weighted by atomic mass is 16.2. The number of piperazine rings is 1. The van der Waals surface area contributed by atoms with Crippen molar-refractivity contribution in [1.82, 2.24) is 10.2 Å². The van der Waals surface area contributed by atoms with Gasteiger partial charge in [0.05, 0.1) is 0 Å². The lowest BCUT2D eigenvalue weighted by atomic mass is 9.87. The number of nitrogens with zero attached hydrogens (tertiary/aromatic N) is 1. The SMILES string of the molecule is CCCC1NC(=O)C(C)(CC)N(C2CCCC2)C1=O. The Balaban J connectivity index is 2.29. The molecule has 0 spiro atoms. The first-order valence-corrected chi connectivity index (χ1v) is 7.68. The van der Waals surface area contributed by atoms with Gasteiger partial charge in [0.1, 0.15) is 11.6 Å². The number of amides is 2. The quantitative estimate of drug-likeness (QED) is 0.848. The van der Waals surface area contributed by atoms with Crippen LogP contribution in [0.15, 0.2) is 0 Å². The van der Waals surface area contributed by atoms with Gasteiger partial charge in [0.25, 0.3) is 0 Å². The van der Waals surface area contributed by atoms with Crippen molar-refractivity contribution in [2.75, 3.05) is 0 Å². The van der Waals surface area contributed by atoms with Gasteiger partial charge in [-0.25, -0.2) is 0 Å². The molecule has 4 heteroatoms. The summed E-state index contributed by atoms with van der Waals surface area (Å²) in [5.41, 5.74) is -0.656. The standard InChI is InChI=1S/C15H26N2O2/c1-4-8-12-13(18)17(11-9-6-7-10-11)15(3,5-2)14(19)16-12/h11-12H,4-10H2,1-3H3,(H,16,19). The lowest BCUT2D eigenvalue weighted by Crippen LogP contribution is -2.71. The van der Waals surface area contributed by atoms with Crippen LogP contribution < -0.4 is 5.32 Å². The van der Waals surface area contributed by atoms with E-state index in [9.17, 15) is 9.59 Å². The van der Waals surface area contributed by atoms with Crippen molar-refractivity contribution in [3.63, 3.8) is 0 Å². The molecule has 2 amide bonds. The van der Waals surface area contributed by atoms with E-state index < -0.39 is 5.54 Å². The van der Waals surface area contributed by atoms with Gasteiger partial charge in [-0.05, 0) is 32.6 Å². The summed E-state index contributed by atoms with van der Waals surface area (Å²) in [6, 6.07) is -0.0411. The highest BCUT2D eigenvalue weighted by molar-refractivity contribution is 5.99. The predicted octanol–water partition coefficient (Wildman–Crippen LogP) is 2.22. The second-order valence-electron chi connectivity index (χ2n) is 6.09. The van der Waals surface area contributed by atoms with Crippen molar-refractivity contribution in [2.45, 2.75) is 83.3 Å². The molecular weight excluding hydrogens is 240 g/mol. The first kappa shape index (κ1) is 14.4. The maximum Gasteiger partial charge on any atom is 0.246 e. The van der Waals surface area contributed by atoms with Crippen LogP contribution in [-0.2, 0) is 9.59 Å². The second kappa shape index (κ2) is 5.51. The number of carbonyl (C=O) groups excluding carboxylic acids is 2. The molecule has 2 atom stereocenters. The summed E-state index contributed by atoms with van der Waals surface area (Å²) in [5.74, 6) is 0.164. The summed E-state index contributed by atoms with van der Waals surface area (Å²) < 4.78 is 0. The molecule has 2 rings (SSSR count). The van der Waals surface area contributed by atoms with E-state index in [2.05, 4.69) is 5.32 Å². The van der Waals surface area contributed by atoms with Crippen molar-refractivity contribution in [3.8, 4) is 0 Å². The summed E-state index contributed by atoms with van der Waals surface area (Å²) in [7, 11) is 0. The molecule has 1 heterocycles. The molecule has 2 fully saturated rings. The topological polar surface area (TPSA) is 49.4 Å². The number of hydrogen-bond acceptors (Lipinski definition) is 2. The fourth-order valence-electron chi connectivity index (χ4n) is 3.46. The predicted molar refractivity (Wildman–Crippen MR) is 74.6 cm³/mol. The minimum absolute atomic E-state index is 0.0277. The van der Waals surface area contributed by atoms with Crippen molar-refractivity contribution in [2.24, 2.45) is 0 Å². The third-order valence-corrected chi connectivity index (χ3v) is 4.82. The summed E-state index contributed by atoms with van der Waals surface area (Å²) in [6.07, 6.45) is 6.79. The molecule has 2 unspecified atom stereocenters. The molecule has 108 valence electrons. The molecule has 0 bridgehead atoms. The molecule has 1 N–H and O–H groups in total. The molecule has 0 radical (unpaired) electrons. The minimum atomic E-state index is -0.656. The van der Waals surface area contributed by atoms with Gasteiger partial charge in [-0.15, -0.1) is 0 Å². The van der Waals surface area contributed by atoms with E-state index in [4.69, 9.17) is 0 Å². The van der Waals surface area contributed by atoms with Crippen molar-refractivity contribution < 1.29 is 9.59 Å². The van der Waals surface area contributed by atoms with E-state index in [1.807, 2.05) is 25.7 Å². The van der Waals surface area contributed by atoms with Crippen LogP contribution in [0, 0.1) is 0 Å². The molecule has 1 aliphatic heterocycles. The minimum Gasteiger partial charge on any atom is -0.342 e. The van der Waals surface area contributed by atoms with Crippen LogP contribution in [0.25, 0.3) is 0 Å². The molecule has 1 aliphatic carbocycles. The number of rotatable bonds is 4. The maximum absolute atomic E-state index is 12.7.